The normalized spacial score (nSPS) is 11.8. The van der Waals surface area contributed by atoms with Gasteiger partial charge in [0.25, 0.3) is 0 Å². The molecule has 0 aromatic carbocycles. The number of carboxylic acids is 2. The maximum absolute atomic E-state index is 11.0. The molecular weight excluding hydrogens is 238 g/mol. The summed E-state index contributed by atoms with van der Waals surface area (Å²) in [6.45, 7) is 1.94. The number of ether oxygens (including phenoxy) is 1. The van der Waals surface area contributed by atoms with Crippen LogP contribution in [0.15, 0.2) is 18.3 Å². The van der Waals surface area contributed by atoms with E-state index in [0.29, 0.717) is 12.8 Å². The third kappa shape index (κ3) is 3.73. The zero-order valence-electron chi connectivity index (χ0n) is 10.00. The van der Waals surface area contributed by atoms with Crippen molar-refractivity contribution in [1.82, 2.24) is 4.98 Å². The Kier molecular flexibility index (Phi) is 5.10. The highest BCUT2D eigenvalue weighted by Gasteiger charge is 2.22. The van der Waals surface area contributed by atoms with E-state index in [2.05, 4.69) is 4.98 Å². The van der Waals surface area contributed by atoms with Crippen molar-refractivity contribution in [3.8, 4) is 5.75 Å². The Morgan fingerprint density at radius 1 is 1.44 bits per heavy atom. The summed E-state index contributed by atoms with van der Waals surface area (Å²) in [5.41, 5.74) is -0.278. The van der Waals surface area contributed by atoms with Crippen LogP contribution in [0.5, 0.6) is 5.75 Å². The minimum atomic E-state index is -1.25. The topological polar surface area (TPSA) is 96.7 Å². The first kappa shape index (κ1) is 14.0. The van der Waals surface area contributed by atoms with E-state index in [1.807, 2.05) is 6.92 Å². The van der Waals surface area contributed by atoms with Crippen molar-refractivity contribution in [1.29, 1.82) is 0 Å². The number of aromatic nitrogens is 1. The number of aromatic carboxylic acids is 1. The fourth-order valence-electron chi connectivity index (χ4n) is 1.42. The molecule has 1 rings (SSSR count). The molecular formula is C12H15NO5. The van der Waals surface area contributed by atoms with Crippen LogP contribution < -0.4 is 4.74 Å². The molecule has 1 heterocycles. The van der Waals surface area contributed by atoms with Gasteiger partial charge in [-0.15, -0.1) is 0 Å². The van der Waals surface area contributed by atoms with Gasteiger partial charge in [-0.05, 0) is 25.0 Å². The maximum atomic E-state index is 11.0. The smallest absolute Gasteiger partial charge is 0.358 e. The molecule has 1 aromatic heterocycles. The molecule has 6 heteroatoms. The predicted molar refractivity (Wildman–Crippen MR) is 62.8 cm³/mol. The van der Waals surface area contributed by atoms with Crippen molar-refractivity contribution < 1.29 is 24.5 Å². The van der Waals surface area contributed by atoms with Gasteiger partial charge in [-0.25, -0.2) is 14.6 Å². The monoisotopic (exact) mass is 253 g/mol. The van der Waals surface area contributed by atoms with E-state index in [9.17, 15) is 9.59 Å². The van der Waals surface area contributed by atoms with Gasteiger partial charge in [0, 0.05) is 6.20 Å². The number of aliphatic carboxylic acids is 1. The Bertz CT molecular complexity index is 432. The molecule has 0 amide bonds. The van der Waals surface area contributed by atoms with Crippen molar-refractivity contribution in [2.75, 3.05) is 0 Å². The lowest BCUT2D eigenvalue weighted by atomic mass is 10.1. The highest BCUT2D eigenvalue weighted by Crippen LogP contribution is 2.19. The van der Waals surface area contributed by atoms with Gasteiger partial charge in [0.05, 0.1) is 0 Å². The summed E-state index contributed by atoms with van der Waals surface area (Å²) in [5, 5.41) is 17.9. The molecule has 0 aliphatic rings. The minimum absolute atomic E-state index is 0.0199. The second kappa shape index (κ2) is 6.58. The molecule has 0 aliphatic carbocycles. The van der Waals surface area contributed by atoms with Gasteiger partial charge in [0.15, 0.2) is 17.5 Å². The number of hydrogen-bond donors (Lipinski definition) is 2. The largest absolute Gasteiger partial charge is 0.479 e. The van der Waals surface area contributed by atoms with Crippen LogP contribution in [0.3, 0.4) is 0 Å². The van der Waals surface area contributed by atoms with Crippen molar-refractivity contribution >= 4 is 11.9 Å². The first-order valence-corrected chi connectivity index (χ1v) is 5.64. The van der Waals surface area contributed by atoms with Crippen molar-refractivity contribution in [2.24, 2.45) is 0 Å². The Morgan fingerprint density at radius 2 is 2.17 bits per heavy atom. The molecule has 1 unspecified atom stereocenters. The van der Waals surface area contributed by atoms with Crippen LogP contribution in [0, 0.1) is 0 Å². The Morgan fingerprint density at radius 3 is 2.72 bits per heavy atom. The highest BCUT2D eigenvalue weighted by atomic mass is 16.5. The third-order valence-electron chi connectivity index (χ3n) is 2.34. The quantitative estimate of drug-likeness (QED) is 0.769. The second-order valence-electron chi connectivity index (χ2n) is 3.74. The first-order valence-electron chi connectivity index (χ1n) is 5.64. The van der Waals surface area contributed by atoms with Crippen LogP contribution in [-0.2, 0) is 4.79 Å². The van der Waals surface area contributed by atoms with Gasteiger partial charge in [-0.3, -0.25) is 0 Å². The van der Waals surface area contributed by atoms with E-state index in [-0.39, 0.29) is 11.4 Å². The lowest BCUT2D eigenvalue weighted by Gasteiger charge is -2.15. The molecule has 0 fully saturated rings. The van der Waals surface area contributed by atoms with Gasteiger partial charge in [0.2, 0.25) is 0 Å². The SMILES string of the molecule is CCCCC(Oc1cccnc1C(=O)O)C(=O)O. The summed E-state index contributed by atoms with van der Waals surface area (Å²) >= 11 is 0. The van der Waals surface area contributed by atoms with Crippen LogP contribution in [0.25, 0.3) is 0 Å². The molecule has 98 valence electrons. The van der Waals surface area contributed by atoms with Crippen molar-refractivity contribution in [3.63, 3.8) is 0 Å². The zero-order chi connectivity index (χ0) is 13.5. The molecule has 2 N–H and O–H groups in total. The number of nitrogens with zero attached hydrogens (tertiary/aromatic N) is 1. The van der Waals surface area contributed by atoms with Crippen LogP contribution in [0.4, 0.5) is 0 Å². The lowest BCUT2D eigenvalue weighted by Crippen LogP contribution is -2.27. The van der Waals surface area contributed by atoms with Gasteiger partial charge in [0.1, 0.15) is 0 Å². The third-order valence-corrected chi connectivity index (χ3v) is 2.34. The van der Waals surface area contributed by atoms with Gasteiger partial charge in [-0.2, -0.15) is 0 Å². The van der Waals surface area contributed by atoms with E-state index in [1.54, 1.807) is 0 Å². The van der Waals surface area contributed by atoms with Crippen LogP contribution >= 0.6 is 0 Å². The van der Waals surface area contributed by atoms with Crippen LogP contribution in [-0.4, -0.2) is 33.2 Å². The Hall–Kier alpha value is -2.11. The van der Waals surface area contributed by atoms with Gasteiger partial charge < -0.3 is 14.9 Å². The number of hydrogen-bond acceptors (Lipinski definition) is 4. The number of pyridine rings is 1. The Labute approximate surface area is 104 Å². The minimum Gasteiger partial charge on any atom is -0.479 e. The number of carboxylic acid groups (broad SMARTS) is 2. The predicted octanol–water partition coefficient (Wildman–Crippen LogP) is 1.80. The van der Waals surface area contributed by atoms with E-state index in [0.717, 1.165) is 6.42 Å². The first-order chi connectivity index (χ1) is 8.56. The Balaban J connectivity index is 2.86. The van der Waals surface area contributed by atoms with E-state index in [1.165, 1.54) is 18.3 Å². The van der Waals surface area contributed by atoms with E-state index >= 15 is 0 Å². The number of unbranched alkanes of at least 4 members (excludes halogenated alkanes) is 1. The van der Waals surface area contributed by atoms with Gasteiger partial charge in [-0.1, -0.05) is 13.3 Å². The van der Waals surface area contributed by atoms with Crippen molar-refractivity contribution in [2.45, 2.75) is 32.3 Å². The summed E-state index contributed by atoms with van der Waals surface area (Å²) in [6, 6.07) is 2.90. The van der Waals surface area contributed by atoms with E-state index < -0.39 is 18.0 Å². The molecule has 0 saturated heterocycles. The summed E-state index contributed by atoms with van der Waals surface area (Å²) in [4.78, 5) is 25.5. The summed E-state index contributed by atoms with van der Waals surface area (Å²) in [6.07, 6.45) is 2.14. The molecule has 18 heavy (non-hydrogen) atoms. The second-order valence-corrected chi connectivity index (χ2v) is 3.74. The zero-order valence-corrected chi connectivity index (χ0v) is 10.00. The average Bonchev–Trinajstić information content (AvgIpc) is 2.34. The van der Waals surface area contributed by atoms with Crippen LogP contribution in [0.2, 0.25) is 0 Å². The standard InChI is InChI=1S/C12H15NO5/c1-2-3-5-9(11(14)15)18-8-6-4-7-13-10(8)12(16)17/h4,6-7,9H,2-3,5H2,1H3,(H,14,15)(H,16,17). The maximum Gasteiger partial charge on any atom is 0.358 e. The molecule has 0 aliphatic heterocycles. The lowest BCUT2D eigenvalue weighted by molar-refractivity contribution is -0.145. The molecule has 6 nitrogen and oxygen atoms in total. The van der Waals surface area contributed by atoms with E-state index in [4.69, 9.17) is 14.9 Å². The molecule has 0 bridgehead atoms. The van der Waals surface area contributed by atoms with Crippen LogP contribution in [0.1, 0.15) is 36.7 Å². The van der Waals surface area contributed by atoms with Gasteiger partial charge >= 0.3 is 11.9 Å². The molecule has 1 aromatic rings. The summed E-state index contributed by atoms with van der Waals surface area (Å²) in [5.74, 6) is -2.37. The number of carbonyl (C=O) groups is 2. The fraction of sp³-hybridized carbons (Fsp3) is 0.417. The molecule has 1 atom stereocenters. The molecule has 0 radical (unpaired) electrons. The average molecular weight is 253 g/mol. The summed E-state index contributed by atoms with van der Waals surface area (Å²) in [7, 11) is 0. The van der Waals surface area contributed by atoms with Crippen molar-refractivity contribution in [3.05, 3.63) is 24.0 Å². The highest BCUT2D eigenvalue weighted by molar-refractivity contribution is 5.88. The fourth-order valence-corrected chi connectivity index (χ4v) is 1.42. The summed E-state index contributed by atoms with van der Waals surface area (Å²) < 4.78 is 5.23. The molecule has 0 saturated carbocycles. The number of rotatable bonds is 7. The molecule has 0 spiro atoms.